The van der Waals surface area contributed by atoms with Crippen LogP contribution in [0.15, 0.2) is 42.3 Å². The molecule has 3 N–H and O–H groups in total. The van der Waals surface area contributed by atoms with Gasteiger partial charge in [-0.1, -0.05) is 0 Å². The van der Waals surface area contributed by atoms with Crippen molar-refractivity contribution in [2.75, 3.05) is 5.32 Å². The van der Waals surface area contributed by atoms with Crippen molar-refractivity contribution in [2.24, 2.45) is 0 Å². The third-order valence-corrected chi connectivity index (χ3v) is 3.41. The lowest BCUT2D eigenvalue weighted by Crippen LogP contribution is -2.28. The van der Waals surface area contributed by atoms with Gasteiger partial charge in [0.15, 0.2) is 5.13 Å². The molecular formula is C13H12N6OS. The van der Waals surface area contributed by atoms with Crippen LogP contribution < -0.4 is 10.6 Å². The number of thiazole rings is 1. The Morgan fingerprint density at radius 2 is 2.33 bits per heavy atom. The standard InChI is InChI=1S/C13H12N6OS/c20-12(17-7-11-15-4-5-16-11)19-13-18-10(8-21-13)9-2-1-3-14-6-9/h1-6,8H,7H2,(H,15,16)(H2,17,18,19,20). The van der Waals surface area contributed by atoms with E-state index in [0.717, 1.165) is 11.3 Å². The van der Waals surface area contributed by atoms with Gasteiger partial charge in [0.2, 0.25) is 0 Å². The van der Waals surface area contributed by atoms with Crippen LogP contribution in [0.1, 0.15) is 5.82 Å². The quantitative estimate of drug-likeness (QED) is 0.688. The number of rotatable bonds is 4. The fourth-order valence-corrected chi connectivity index (χ4v) is 2.39. The first-order valence-corrected chi connectivity index (χ1v) is 7.08. The number of anilines is 1. The van der Waals surface area contributed by atoms with Crippen LogP contribution in [0.4, 0.5) is 9.93 Å². The third-order valence-electron chi connectivity index (χ3n) is 2.65. The zero-order valence-electron chi connectivity index (χ0n) is 10.9. The molecule has 3 aromatic rings. The number of imidazole rings is 1. The van der Waals surface area contributed by atoms with Gasteiger partial charge in [-0.15, -0.1) is 11.3 Å². The van der Waals surface area contributed by atoms with Crippen LogP contribution in [0.2, 0.25) is 0 Å². The summed E-state index contributed by atoms with van der Waals surface area (Å²) < 4.78 is 0. The van der Waals surface area contributed by atoms with Crippen LogP contribution in [0, 0.1) is 0 Å². The van der Waals surface area contributed by atoms with E-state index in [2.05, 4.69) is 30.6 Å². The number of pyridine rings is 1. The predicted molar refractivity (Wildman–Crippen MR) is 79.8 cm³/mol. The minimum atomic E-state index is -0.321. The lowest BCUT2D eigenvalue weighted by molar-refractivity contribution is 0.251. The van der Waals surface area contributed by atoms with Crippen molar-refractivity contribution >= 4 is 22.5 Å². The van der Waals surface area contributed by atoms with E-state index in [1.165, 1.54) is 11.3 Å². The van der Waals surface area contributed by atoms with Crippen molar-refractivity contribution < 1.29 is 4.79 Å². The summed E-state index contributed by atoms with van der Waals surface area (Å²) in [5, 5.41) is 7.79. The largest absolute Gasteiger partial charge is 0.347 e. The molecule has 0 saturated heterocycles. The number of nitrogens with one attached hydrogen (secondary N) is 3. The fourth-order valence-electron chi connectivity index (χ4n) is 1.68. The van der Waals surface area contributed by atoms with Gasteiger partial charge >= 0.3 is 6.03 Å². The number of hydrogen-bond donors (Lipinski definition) is 3. The summed E-state index contributed by atoms with van der Waals surface area (Å²) in [7, 11) is 0. The van der Waals surface area contributed by atoms with Crippen LogP contribution >= 0.6 is 11.3 Å². The zero-order valence-corrected chi connectivity index (χ0v) is 11.7. The molecule has 3 rings (SSSR count). The lowest BCUT2D eigenvalue weighted by Gasteiger charge is -2.03. The summed E-state index contributed by atoms with van der Waals surface area (Å²) in [5.74, 6) is 0.695. The summed E-state index contributed by atoms with van der Waals surface area (Å²) in [6.45, 7) is 0.333. The lowest BCUT2D eigenvalue weighted by atomic mass is 10.2. The molecule has 3 aromatic heterocycles. The van der Waals surface area contributed by atoms with Crippen molar-refractivity contribution in [1.29, 1.82) is 0 Å². The summed E-state index contributed by atoms with van der Waals surface area (Å²) in [4.78, 5) is 27.1. The molecule has 0 saturated carbocycles. The van der Waals surface area contributed by atoms with Crippen LogP contribution in [0.25, 0.3) is 11.3 Å². The summed E-state index contributed by atoms with van der Waals surface area (Å²) in [5.41, 5.74) is 1.70. The van der Waals surface area contributed by atoms with Gasteiger partial charge in [0.25, 0.3) is 0 Å². The SMILES string of the molecule is O=C(NCc1ncc[nH]1)Nc1nc(-c2cccnc2)cs1. The Kier molecular flexibility index (Phi) is 3.88. The van der Waals surface area contributed by atoms with Crippen molar-refractivity contribution in [3.8, 4) is 11.3 Å². The van der Waals surface area contributed by atoms with Gasteiger partial charge < -0.3 is 10.3 Å². The Balaban J connectivity index is 1.58. The predicted octanol–water partition coefficient (Wildman–Crippen LogP) is 2.25. The van der Waals surface area contributed by atoms with E-state index in [0.29, 0.717) is 17.5 Å². The number of amides is 2. The molecule has 0 radical (unpaired) electrons. The topological polar surface area (TPSA) is 95.6 Å². The molecular weight excluding hydrogens is 288 g/mol. The number of aromatic amines is 1. The molecule has 2 amide bonds. The molecule has 0 aliphatic rings. The number of nitrogens with zero attached hydrogens (tertiary/aromatic N) is 3. The van der Waals surface area contributed by atoms with Gasteiger partial charge in [0, 0.05) is 35.7 Å². The van der Waals surface area contributed by atoms with Gasteiger partial charge in [0.1, 0.15) is 5.82 Å². The second-order valence-electron chi connectivity index (χ2n) is 4.12. The van der Waals surface area contributed by atoms with E-state index in [1.54, 1.807) is 24.8 Å². The molecule has 0 unspecified atom stereocenters. The molecule has 106 valence electrons. The highest BCUT2D eigenvalue weighted by molar-refractivity contribution is 7.14. The van der Waals surface area contributed by atoms with Gasteiger partial charge in [-0.05, 0) is 12.1 Å². The van der Waals surface area contributed by atoms with Crippen molar-refractivity contribution in [2.45, 2.75) is 6.54 Å². The molecule has 0 aliphatic carbocycles. The molecule has 3 heterocycles. The highest BCUT2D eigenvalue weighted by Gasteiger charge is 2.08. The van der Waals surface area contributed by atoms with E-state index in [1.807, 2.05) is 17.5 Å². The first kappa shape index (κ1) is 13.3. The first-order valence-electron chi connectivity index (χ1n) is 6.20. The zero-order chi connectivity index (χ0) is 14.5. The number of carbonyl (C=O) groups is 1. The summed E-state index contributed by atoms with van der Waals surface area (Å²) in [6.07, 6.45) is 6.78. The van der Waals surface area contributed by atoms with E-state index >= 15 is 0 Å². The van der Waals surface area contributed by atoms with Crippen LogP contribution in [0.3, 0.4) is 0 Å². The van der Waals surface area contributed by atoms with E-state index in [-0.39, 0.29) is 6.03 Å². The Morgan fingerprint density at radius 3 is 3.10 bits per heavy atom. The highest BCUT2D eigenvalue weighted by atomic mass is 32.1. The molecule has 0 atom stereocenters. The van der Waals surface area contributed by atoms with Crippen LogP contribution in [-0.2, 0) is 6.54 Å². The number of carbonyl (C=O) groups excluding carboxylic acids is 1. The Labute approximate surface area is 124 Å². The van der Waals surface area contributed by atoms with Crippen molar-refractivity contribution in [1.82, 2.24) is 25.3 Å². The van der Waals surface area contributed by atoms with Gasteiger partial charge in [-0.25, -0.2) is 14.8 Å². The second kappa shape index (κ2) is 6.14. The molecule has 0 aliphatic heterocycles. The maximum atomic E-state index is 11.7. The summed E-state index contributed by atoms with van der Waals surface area (Å²) in [6, 6.07) is 3.44. The van der Waals surface area contributed by atoms with Gasteiger partial charge in [0.05, 0.1) is 12.2 Å². The second-order valence-corrected chi connectivity index (χ2v) is 4.98. The smallest absolute Gasteiger partial charge is 0.321 e. The van der Waals surface area contributed by atoms with Crippen LogP contribution in [-0.4, -0.2) is 26.0 Å². The number of urea groups is 1. The van der Waals surface area contributed by atoms with Crippen molar-refractivity contribution in [3.05, 3.63) is 48.1 Å². The van der Waals surface area contributed by atoms with E-state index in [9.17, 15) is 4.79 Å². The molecule has 0 aromatic carbocycles. The Morgan fingerprint density at radius 1 is 1.38 bits per heavy atom. The maximum absolute atomic E-state index is 11.7. The number of H-pyrrole nitrogens is 1. The Bertz CT molecular complexity index is 709. The van der Waals surface area contributed by atoms with Crippen LogP contribution in [0.5, 0.6) is 0 Å². The normalized spacial score (nSPS) is 10.3. The highest BCUT2D eigenvalue weighted by Crippen LogP contribution is 2.23. The van der Waals surface area contributed by atoms with Crippen molar-refractivity contribution in [3.63, 3.8) is 0 Å². The minimum Gasteiger partial charge on any atom is -0.347 e. The fraction of sp³-hybridized carbons (Fsp3) is 0.0769. The minimum absolute atomic E-state index is 0.321. The molecule has 21 heavy (non-hydrogen) atoms. The van der Waals surface area contributed by atoms with E-state index < -0.39 is 0 Å². The maximum Gasteiger partial charge on any atom is 0.321 e. The molecule has 0 bridgehead atoms. The molecule has 8 heteroatoms. The van der Waals surface area contributed by atoms with E-state index in [4.69, 9.17) is 0 Å². The Hall–Kier alpha value is -2.74. The molecule has 0 spiro atoms. The molecule has 7 nitrogen and oxygen atoms in total. The van der Waals surface area contributed by atoms with Gasteiger partial charge in [-0.3, -0.25) is 10.3 Å². The number of hydrogen-bond acceptors (Lipinski definition) is 5. The molecule has 0 fully saturated rings. The monoisotopic (exact) mass is 300 g/mol. The van der Waals surface area contributed by atoms with Gasteiger partial charge in [-0.2, -0.15) is 0 Å². The average Bonchev–Trinajstić information content (AvgIpc) is 3.17. The first-order chi connectivity index (χ1) is 10.3. The average molecular weight is 300 g/mol. The third kappa shape index (κ3) is 3.42. The number of aromatic nitrogens is 4. The summed E-state index contributed by atoms with van der Waals surface area (Å²) >= 11 is 1.36.